The van der Waals surface area contributed by atoms with Crippen LogP contribution in [-0.4, -0.2) is 59.2 Å². The van der Waals surface area contributed by atoms with Crippen molar-refractivity contribution in [3.8, 4) is 0 Å². The molecule has 2 N–H and O–H groups in total. The fourth-order valence-corrected chi connectivity index (χ4v) is 2.40. The van der Waals surface area contributed by atoms with Crippen LogP contribution in [0.4, 0.5) is 0 Å². The van der Waals surface area contributed by atoms with Crippen molar-refractivity contribution in [3.63, 3.8) is 0 Å². The Kier molecular flexibility index (Phi) is 3.68. The molecule has 7 nitrogen and oxygen atoms in total. The largest absolute Gasteiger partial charge is 0.304 e. The SMILES string of the molecule is CN1CCN(NC(=O)c2n[nH]c(=O)c3ccccc23)CC1. The second kappa shape index (κ2) is 5.63. The normalized spacial score (nSPS) is 17.0. The number of piperazine rings is 1. The van der Waals surface area contributed by atoms with E-state index < -0.39 is 0 Å². The zero-order valence-corrected chi connectivity index (χ0v) is 11.8. The third kappa shape index (κ3) is 2.79. The number of nitrogens with one attached hydrogen (secondary N) is 2. The Hall–Kier alpha value is -2.25. The molecule has 21 heavy (non-hydrogen) atoms. The zero-order valence-electron chi connectivity index (χ0n) is 11.8. The maximum Gasteiger partial charge on any atom is 0.286 e. The molecule has 3 rings (SSSR count). The Labute approximate surface area is 121 Å². The minimum atomic E-state index is -0.299. The molecule has 2 aromatic rings. The highest BCUT2D eigenvalue weighted by Gasteiger charge is 2.19. The molecule has 1 aromatic heterocycles. The van der Waals surface area contributed by atoms with Crippen molar-refractivity contribution in [2.45, 2.75) is 0 Å². The minimum absolute atomic E-state index is 0.240. The van der Waals surface area contributed by atoms with Gasteiger partial charge in [-0.05, 0) is 13.1 Å². The first-order valence-electron chi connectivity index (χ1n) is 6.87. The molecule has 1 aliphatic rings. The molecule has 0 radical (unpaired) electrons. The second-order valence-electron chi connectivity index (χ2n) is 5.18. The van der Waals surface area contributed by atoms with E-state index in [9.17, 15) is 9.59 Å². The molecule has 1 amide bonds. The molecule has 1 aromatic carbocycles. The van der Waals surface area contributed by atoms with E-state index in [1.165, 1.54) is 0 Å². The summed E-state index contributed by atoms with van der Waals surface area (Å²) in [6.45, 7) is 3.34. The van der Waals surface area contributed by atoms with E-state index in [2.05, 4.69) is 27.6 Å². The molecule has 0 spiro atoms. The lowest BCUT2D eigenvalue weighted by molar-refractivity contribution is 0.0658. The van der Waals surface area contributed by atoms with Gasteiger partial charge >= 0.3 is 0 Å². The standard InChI is InChI=1S/C14H17N5O2/c1-18-6-8-19(9-7-18)17-14(21)12-10-4-2-3-5-11(10)13(20)16-15-12/h2-5H,6-9H2,1H3,(H,16,20)(H,17,21). The molecule has 1 fully saturated rings. The quantitative estimate of drug-likeness (QED) is 0.800. The Morgan fingerprint density at radius 1 is 1.19 bits per heavy atom. The molecule has 0 unspecified atom stereocenters. The van der Waals surface area contributed by atoms with Crippen molar-refractivity contribution in [1.29, 1.82) is 0 Å². The third-order valence-corrected chi connectivity index (χ3v) is 3.67. The number of hydrazine groups is 1. The van der Waals surface area contributed by atoms with Gasteiger partial charge in [-0.25, -0.2) is 10.1 Å². The molecule has 0 bridgehead atoms. The zero-order chi connectivity index (χ0) is 14.8. The van der Waals surface area contributed by atoms with Gasteiger partial charge in [0.2, 0.25) is 0 Å². The average Bonchev–Trinajstić information content (AvgIpc) is 2.50. The van der Waals surface area contributed by atoms with Crippen LogP contribution < -0.4 is 11.0 Å². The van der Waals surface area contributed by atoms with Gasteiger partial charge < -0.3 is 4.90 Å². The summed E-state index contributed by atoms with van der Waals surface area (Å²) in [5, 5.41) is 9.19. The number of amides is 1. The highest BCUT2D eigenvalue weighted by atomic mass is 16.2. The molecule has 7 heteroatoms. The number of benzene rings is 1. The van der Waals surface area contributed by atoms with E-state index in [-0.39, 0.29) is 17.2 Å². The summed E-state index contributed by atoms with van der Waals surface area (Å²) >= 11 is 0. The van der Waals surface area contributed by atoms with Gasteiger partial charge in [0.05, 0.1) is 5.39 Å². The summed E-state index contributed by atoms with van der Waals surface area (Å²) in [5.74, 6) is -0.299. The first kappa shape index (κ1) is 13.7. The molecule has 0 aliphatic carbocycles. The van der Waals surface area contributed by atoms with Crippen LogP contribution in [0, 0.1) is 0 Å². The molecular formula is C14H17N5O2. The van der Waals surface area contributed by atoms with E-state index in [1.807, 2.05) is 5.01 Å². The Bertz CT molecular complexity index is 719. The molecule has 110 valence electrons. The predicted octanol–water partition coefficient (Wildman–Crippen LogP) is -0.185. The second-order valence-corrected chi connectivity index (χ2v) is 5.18. The number of carbonyl (C=O) groups excluding carboxylic acids is 1. The molecule has 0 atom stereocenters. The molecule has 1 aliphatic heterocycles. The summed E-state index contributed by atoms with van der Waals surface area (Å²) in [4.78, 5) is 26.3. The smallest absolute Gasteiger partial charge is 0.286 e. The summed E-state index contributed by atoms with van der Waals surface area (Å²) in [5.41, 5.74) is 2.80. The van der Waals surface area contributed by atoms with E-state index in [0.29, 0.717) is 10.8 Å². The van der Waals surface area contributed by atoms with Gasteiger partial charge in [0.15, 0.2) is 5.69 Å². The van der Waals surface area contributed by atoms with Gasteiger partial charge in [0, 0.05) is 31.6 Å². The maximum absolute atomic E-state index is 12.4. The fourth-order valence-electron chi connectivity index (χ4n) is 2.40. The molecule has 2 heterocycles. The highest BCUT2D eigenvalue weighted by Crippen LogP contribution is 2.12. The third-order valence-electron chi connectivity index (χ3n) is 3.67. The Balaban J connectivity index is 1.85. The van der Waals surface area contributed by atoms with Crippen molar-refractivity contribution < 1.29 is 4.79 Å². The van der Waals surface area contributed by atoms with Crippen LogP contribution in [0.15, 0.2) is 29.1 Å². The Morgan fingerprint density at radius 2 is 1.86 bits per heavy atom. The topological polar surface area (TPSA) is 81.3 Å². The number of hydrogen-bond donors (Lipinski definition) is 2. The maximum atomic E-state index is 12.4. The van der Waals surface area contributed by atoms with Gasteiger partial charge in [0.25, 0.3) is 11.5 Å². The number of aromatic amines is 1. The first-order valence-corrected chi connectivity index (χ1v) is 6.87. The van der Waals surface area contributed by atoms with Gasteiger partial charge in [-0.2, -0.15) is 5.10 Å². The monoisotopic (exact) mass is 287 g/mol. The highest BCUT2D eigenvalue weighted by molar-refractivity contribution is 6.04. The lowest BCUT2D eigenvalue weighted by atomic mass is 10.1. The number of rotatable bonds is 2. The summed E-state index contributed by atoms with van der Waals surface area (Å²) in [6.07, 6.45) is 0. The Morgan fingerprint density at radius 3 is 2.57 bits per heavy atom. The molecule has 0 saturated carbocycles. The lowest BCUT2D eigenvalue weighted by Gasteiger charge is -2.32. The van der Waals surface area contributed by atoms with Crippen LogP contribution in [0.1, 0.15) is 10.5 Å². The summed E-state index contributed by atoms with van der Waals surface area (Å²) < 4.78 is 0. The number of aromatic nitrogens is 2. The number of nitrogens with zero attached hydrogens (tertiary/aromatic N) is 3. The van der Waals surface area contributed by atoms with Crippen LogP contribution in [0.5, 0.6) is 0 Å². The number of hydrogen-bond acceptors (Lipinski definition) is 5. The van der Waals surface area contributed by atoms with Crippen molar-refractivity contribution in [2.24, 2.45) is 0 Å². The van der Waals surface area contributed by atoms with Crippen LogP contribution in [0.3, 0.4) is 0 Å². The number of likely N-dealkylation sites (N-methyl/N-ethyl adjacent to an activating group) is 1. The fraction of sp³-hybridized carbons (Fsp3) is 0.357. The van der Waals surface area contributed by atoms with Crippen molar-refractivity contribution >= 4 is 16.7 Å². The van der Waals surface area contributed by atoms with Crippen LogP contribution in [0.25, 0.3) is 10.8 Å². The minimum Gasteiger partial charge on any atom is -0.304 e. The predicted molar refractivity (Wildman–Crippen MR) is 78.9 cm³/mol. The van der Waals surface area contributed by atoms with Gasteiger partial charge in [-0.3, -0.25) is 15.0 Å². The van der Waals surface area contributed by atoms with Crippen molar-refractivity contribution in [2.75, 3.05) is 33.2 Å². The molecular weight excluding hydrogens is 270 g/mol. The first-order chi connectivity index (χ1) is 10.1. The number of fused-ring (bicyclic) bond motifs is 1. The van der Waals surface area contributed by atoms with Gasteiger partial charge in [0.1, 0.15) is 0 Å². The van der Waals surface area contributed by atoms with Crippen molar-refractivity contribution in [3.05, 3.63) is 40.3 Å². The van der Waals surface area contributed by atoms with Crippen LogP contribution in [-0.2, 0) is 0 Å². The van der Waals surface area contributed by atoms with E-state index in [4.69, 9.17) is 0 Å². The van der Waals surface area contributed by atoms with E-state index in [0.717, 1.165) is 26.2 Å². The van der Waals surface area contributed by atoms with Crippen LogP contribution in [0.2, 0.25) is 0 Å². The van der Waals surface area contributed by atoms with Crippen molar-refractivity contribution in [1.82, 2.24) is 25.5 Å². The average molecular weight is 287 g/mol. The van der Waals surface area contributed by atoms with Crippen LogP contribution >= 0.6 is 0 Å². The van der Waals surface area contributed by atoms with E-state index in [1.54, 1.807) is 24.3 Å². The summed E-state index contributed by atoms with van der Waals surface area (Å²) in [6, 6.07) is 6.97. The molecule has 1 saturated heterocycles. The summed E-state index contributed by atoms with van der Waals surface area (Å²) in [7, 11) is 2.05. The van der Waals surface area contributed by atoms with Gasteiger partial charge in [-0.15, -0.1) is 0 Å². The van der Waals surface area contributed by atoms with E-state index >= 15 is 0 Å². The lowest BCUT2D eigenvalue weighted by Crippen LogP contribution is -2.52. The number of carbonyl (C=O) groups is 1. The van der Waals surface area contributed by atoms with Gasteiger partial charge in [-0.1, -0.05) is 18.2 Å². The number of H-pyrrole nitrogens is 1.